The van der Waals surface area contributed by atoms with Gasteiger partial charge in [-0.2, -0.15) is 13.2 Å². The summed E-state index contributed by atoms with van der Waals surface area (Å²) in [7, 11) is 0. The number of ether oxygens (including phenoxy) is 1. The molecule has 40 heavy (non-hydrogen) atoms. The number of hydrogen-bond acceptors (Lipinski definition) is 6. The Bertz CT molecular complexity index is 1160. The van der Waals surface area contributed by atoms with Gasteiger partial charge in [0.15, 0.2) is 0 Å². The van der Waals surface area contributed by atoms with E-state index in [1.165, 1.54) is 0 Å². The minimum atomic E-state index is -4.12. The van der Waals surface area contributed by atoms with Crippen molar-refractivity contribution in [2.45, 2.75) is 69.8 Å². The van der Waals surface area contributed by atoms with Crippen LogP contribution in [0, 0.1) is 11.3 Å². The van der Waals surface area contributed by atoms with Crippen LogP contribution in [0.4, 0.5) is 13.2 Å². The summed E-state index contributed by atoms with van der Waals surface area (Å²) in [4.78, 5) is 20.2. The van der Waals surface area contributed by atoms with Gasteiger partial charge in [0.25, 0.3) is 0 Å². The topological polar surface area (TPSA) is 91.9 Å². The number of piperidine rings is 1. The third-order valence-corrected chi connectivity index (χ3v) is 9.41. The highest BCUT2D eigenvalue weighted by Crippen LogP contribution is 2.53. The maximum absolute atomic E-state index is 13.5. The predicted molar refractivity (Wildman–Crippen MR) is 145 cm³/mol. The van der Waals surface area contributed by atoms with Crippen LogP contribution in [0.5, 0.6) is 5.88 Å². The zero-order valence-corrected chi connectivity index (χ0v) is 23.0. The van der Waals surface area contributed by atoms with E-state index in [2.05, 4.69) is 4.98 Å². The molecule has 3 heterocycles. The predicted octanol–water partition coefficient (Wildman–Crippen LogP) is 4.90. The first-order valence-electron chi connectivity index (χ1n) is 14.2. The average molecular weight is 561 g/mol. The van der Waals surface area contributed by atoms with E-state index in [-0.39, 0.29) is 19.4 Å². The van der Waals surface area contributed by atoms with Crippen LogP contribution in [0.15, 0.2) is 42.6 Å². The van der Waals surface area contributed by atoms with Gasteiger partial charge in [-0.15, -0.1) is 0 Å². The van der Waals surface area contributed by atoms with Crippen molar-refractivity contribution in [2.75, 3.05) is 32.8 Å². The summed E-state index contributed by atoms with van der Waals surface area (Å²) in [6.45, 7) is 4.34. The van der Waals surface area contributed by atoms with Gasteiger partial charge in [-0.3, -0.25) is 9.69 Å². The Morgan fingerprint density at radius 2 is 1.75 bits per heavy atom. The maximum Gasteiger partial charge on any atom is 0.395 e. The summed E-state index contributed by atoms with van der Waals surface area (Å²) in [6, 6.07) is 11.3. The Hall–Kier alpha value is -2.69. The van der Waals surface area contributed by atoms with Gasteiger partial charge in [0, 0.05) is 30.9 Å². The number of halogens is 3. The number of carbonyl (C=O) groups excluding carboxylic acids is 1. The lowest BCUT2D eigenvalue weighted by molar-refractivity contribution is -0.256. The summed E-state index contributed by atoms with van der Waals surface area (Å²) in [5, 5.41) is 10.9. The van der Waals surface area contributed by atoms with E-state index in [0.717, 1.165) is 30.4 Å². The normalized spacial score (nSPS) is 24.9. The number of benzene rings is 1. The molecule has 1 unspecified atom stereocenters. The highest BCUT2D eigenvalue weighted by Gasteiger charge is 2.58. The zero-order valence-electron chi connectivity index (χ0n) is 23.0. The first-order valence-corrected chi connectivity index (χ1v) is 14.2. The van der Waals surface area contributed by atoms with E-state index in [4.69, 9.17) is 10.5 Å². The minimum absolute atomic E-state index is 0.123. The van der Waals surface area contributed by atoms with Crippen LogP contribution >= 0.6 is 0 Å². The van der Waals surface area contributed by atoms with Gasteiger partial charge in [0.1, 0.15) is 6.23 Å². The number of aliphatic hydroxyl groups is 1. The Labute approximate surface area is 233 Å². The van der Waals surface area contributed by atoms with Crippen molar-refractivity contribution in [2.24, 2.45) is 17.1 Å². The fraction of sp³-hybridized carbons (Fsp3) is 0.600. The summed E-state index contributed by atoms with van der Waals surface area (Å²) in [5.74, 6) is 0.387. The number of primary amides is 1. The lowest BCUT2D eigenvalue weighted by Crippen LogP contribution is -2.53. The first-order chi connectivity index (χ1) is 19.0. The van der Waals surface area contributed by atoms with Crippen LogP contribution in [0.2, 0.25) is 0 Å². The molecule has 3 aliphatic rings. The number of likely N-dealkylation sites (tertiary alicyclic amines) is 2. The summed E-state index contributed by atoms with van der Waals surface area (Å²) < 4.78 is 46.5. The second-order valence-electron chi connectivity index (χ2n) is 12.0. The highest BCUT2D eigenvalue weighted by atomic mass is 19.4. The Balaban J connectivity index is 1.10. The molecular formula is C30H39F3N4O3. The molecule has 5 rings (SSSR count). The quantitative estimate of drug-likeness (QED) is 0.453. The number of nitrogens with zero attached hydrogens (tertiary/aromatic N) is 3. The Morgan fingerprint density at radius 1 is 1.07 bits per heavy atom. The second kappa shape index (κ2) is 11.3. The number of rotatable bonds is 9. The first kappa shape index (κ1) is 28.8. The van der Waals surface area contributed by atoms with Gasteiger partial charge in [-0.25, -0.2) is 4.98 Å². The molecule has 2 atom stereocenters. The fourth-order valence-electron chi connectivity index (χ4n) is 6.38. The second-order valence-corrected chi connectivity index (χ2v) is 12.0. The van der Waals surface area contributed by atoms with Crippen LogP contribution in [0.25, 0.3) is 11.1 Å². The van der Waals surface area contributed by atoms with Crippen molar-refractivity contribution >= 4 is 5.91 Å². The van der Waals surface area contributed by atoms with Crippen molar-refractivity contribution in [1.82, 2.24) is 14.8 Å². The SMILES string of the molecule is C[C@@]1(C(N)=O)CCCN1C(O)c1ccc(-c2ccc(OCC3CCN(CC4(C(F)(F)F)CCC4)CC3)nc2)cc1. The van der Waals surface area contributed by atoms with Crippen LogP contribution < -0.4 is 10.5 Å². The van der Waals surface area contributed by atoms with E-state index in [0.29, 0.717) is 56.4 Å². The van der Waals surface area contributed by atoms with Crippen LogP contribution in [-0.2, 0) is 4.79 Å². The van der Waals surface area contributed by atoms with Crippen LogP contribution in [0.3, 0.4) is 0 Å². The summed E-state index contributed by atoms with van der Waals surface area (Å²) in [5.41, 5.74) is 5.79. The van der Waals surface area contributed by atoms with Crippen molar-refractivity contribution in [1.29, 1.82) is 0 Å². The maximum atomic E-state index is 13.5. The standard InChI is InChI=1S/C30H39F3N4O3/c1-28(27(34)39)12-3-15-37(28)26(38)23-6-4-22(5-7-23)24-8-9-25(35-18-24)40-19-21-10-16-36(17-11-21)20-29(13-2-14-29)30(31,32)33/h4-9,18,21,26,38H,2-3,10-17,19-20H2,1H3,(H2,34,39)/t26?,28-/m0/s1. The molecule has 218 valence electrons. The number of alkyl halides is 3. The lowest BCUT2D eigenvalue weighted by atomic mass is 9.67. The number of nitrogens with two attached hydrogens (primary N) is 1. The van der Waals surface area contributed by atoms with E-state index < -0.39 is 29.3 Å². The smallest absolute Gasteiger partial charge is 0.395 e. The minimum Gasteiger partial charge on any atom is -0.477 e. The number of carbonyl (C=O) groups is 1. The molecule has 3 fully saturated rings. The Morgan fingerprint density at radius 3 is 2.30 bits per heavy atom. The van der Waals surface area contributed by atoms with Gasteiger partial charge < -0.3 is 20.5 Å². The fourth-order valence-corrected chi connectivity index (χ4v) is 6.38. The molecule has 1 aromatic heterocycles. The van der Waals surface area contributed by atoms with Crippen LogP contribution in [0.1, 0.15) is 63.7 Å². The van der Waals surface area contributed by atoms with Gasteiger partial charge in [0.05, 0.1) is 17.6 Å². The van der Waals surface area contributed by atoms with E-state index in [1.807, 2.05) is 41.3 Å². The molecule has 3 N–H and O–H groups in total. The molecule has 1 aliphatic carbocycles. The number of aromatic nitrogens is 1. The molecule has 10 heteroatoms. The molecular weight excluding hydrogens is 521 g/mol. The molecule has 1 amide bonds. The van der Waals surface area contributed by atoms with E-state index >= 15 is 0 Å². The average Bonchev–Trinajstić information content (AvgIpc) is 3.32. The summed E-state index contributed by atoms with van der Waals surface area (Å²) >= 11 is 0. The molecule has 0 spiro atoms. The molecule has 1 saturated carbocycles. The van der Waals surface area contributed by atoms with Crippen LogP contribution in [-0.4, -0.2) is 70.3 Å². The largest absolute Gasteiger partial charge is 0.477 e. The lowest BCUT2D eigenvalue weighted by Gasteiger charge is -2.47. The summed E-state index contributed by atoms with van der Waals surface area (Å²) in [6.07, 6.45) is 0.942. The molecule has 2 aromatic rings. The number of hydrogen-bond donors (Lipinski definition) is 2. The number of pyridine rings is 1. The molecule has 0 radical (unpaired) electrons. The molecule has 2 saturated heterocycles. The van der Waals surface area contributed by atoms with Gasteiger partial charge in [-0.05, 0) is 81.6 Å². The van der Waals surface area contributed by atoms with Crippen molar-refractivity contribution in [3.05, 3.63) is 48.2 Å². The monoisotopic (exact) mass is 560 g/mol. The molecule has 0 bridgehead atoms. The van der Waals surface area contributed by atoms with Gasteiger partial charge >= 0.3 is 6.18 Å². The molecule has 2 aliphatic heterocycles. The van der Waals surface area contributed by atoms with Gasteiger partial charge in [0.2, 0.25) is 11.8 Å². The van der Waals surface area contributed by atoms with Crippen molar-refractivity contribution < 1.29 is 27.8 Å². The molecule has 7 nitrogen and oxygen atoms in total. The Kier molecular flexibility index (Phi) is 8.14. The third kappa shape index (κ3) is 5.71. The van der Waals surface area contributed by atoms with E-state index in [1.54, 1.807) is 18.0 Å². The van der Waals surface area contributed by atoms with Gasteiger partial charge in [-0.1, -0.05) is 30.7 Å². The van der Waals surface area contributed by atoms with Crippen molar-refractivity contribution in [3.8, 4) is 17.0 Å². The third-order valence-electron chi connectivity index (χ3n) is 9.41. The highest BCUT2D eigenvalue weighted by molar-refractivity contribution is 5.84. The van der Waals surface area contributed by atoms with E-state index in [9.17, 15) is 23.1 Å². The number of amides is 1. The zero-order chi connectivity index (χ0) is 28.5. The molecule has 1 aromatic carbocycles. The number of aliphatic hydroxyl groups excluding tert-OH is 1. The van der Waals surface area contributed by atoms with Crippen molar-refractivity contribution in [3.63, 3.8) is 0 Å².